The Kier molecular flexibility index (Phi) is 4.33. The fraction of sp³-hybridized carbons (Fsp3) is 0.500. The summed E-state index contributed by atoms with van der Waals surface area (Å²) < 4.78 is 5.79. The van der Waals surface area contributed by atoms with E-state index in [1.807, 2.05) is 12.1 Å². The molecule has 4 nitrogen and oxygen atoms in total. The largest absolute Gasteiger partial charge is 0.480 e. The predicted octanol–water partition coefficient (Wildman–Crippen LogP) is 1.88. The fourth-order valence-corrected chi connectivity index (χ4v) is 2.34. The molecule has 0 saturated carbocycles. The average molecular weight is 249 g/mol. The predicted molar refractivity (Wildman–Crippen MR) is 68.3 cm³/mol. The molecule has 1 aromatic carbocycles. The van der Waals surface area contributed by atoms with Gasteiger partial charge in [0.2, 0.25) is 0 Å². The van der Waals surface area contributed by atoms with Gasteiger partial charge in [-0.3, -0.25) is 4.79 Å². The van der Waals surface area contributed by atoms with Crippen molar-refractivity contribution in [2.24, 2.45) is 5.73 Å². The third kappa shape index (κ3) is 3.09. The second kappa shape index (κ2) is 5.98. The number of nitrogens with two attached hydrogens (primary N) is 1. The van der Waals surface area contributed by atoms with Gasteiger partial charge in [0.05, 0.1) is 6.10 Å². The highest BCUT2D eigenvalue weighted by molar-refractivity contribution is 5.72. The third-order valence-electron chi connectivity index (χ3n) is 3.38. The number of carboxylic acid groups (broad SMARTS) is 1. The quantitative estimate of drug-likeness (QED) is 0.835. The third-order valence-corrected chi connectivity index (χ3v) is 3.38. The summed E-state index contributed by atoms with van der Waals surface area (Å²) in [4.78, 5) is 10.6. The van der Waals surface area contributed by atoms with E-state index in [-0.39, 0.29) is 6.10 Å². The number of ether oxygens (including phenoxy) is 1. The molecule has 0 aliphatic heterocycles. The van der Waals surface area contributed by atoms with E-state index in [0.717, 1.165) is 19.3 Å². The molecule has 0 bridgehead atoms. The summed E-state index contributed by atoms with van der Waals surface area (Å²) in [6.45, 7) is 0.395. The first-order chi connectivity index (χ1) is 8.68. The van der Waals surface area contributed by atoms with Gasteiger partial charge in [-0.2, -0.15) is 0 Å². The van der Waals surface area contributed by atoms with E-state index in [4.69, 9.17) is 15.6 Å². The van der Waals surface area contributed by atoms with Gasteiger partial charge in [0.25, 0.3) is 0 Å². The summed E-state index contributed by atoms with van der Waals surface area (Å²) in [5, 5.41) is 8.70. The Morgan fingerprint density at radius 3 is 3.06 bits per heavy atom. The van der Waals surface area contributed by atoms with Crippen LogP contribution in [0.1, 0.15) is 36.5 Å². The highest BCUT2D eigenvalue weighted by Gasteiger charge is 2.20. The smallest absolute Gasteiger partial charge is 0.320 e. The molecule has 1 aromatic rings. The molecule has 1 aliphatic carbocycles. The van der Waals surface area contributed by atoms with Crippen LogP contribution in [0.15, 0.2) is 24.3 Å². The Morgan fingerprint density at radius 2 is 2.28 bits per heavy atom. The first kappa shape index (κ1) is 13.1. The van der Waals surface area contributed by atoms with E-state index < -0.39 is 12.0 Å². The first-order valence-corrected chi connectivity index (χ1v) is 6.36. The Morgan fingerprint density at radius 1 is 1.50 bits per heavy atom. The molecule has 0 saturated heterocycles. The van der Waals surface area contributed by atoms with Crippen LogP contribution in [0.3, 0.4) is 0 Å². The standard InChI is InChI=1S/C14H19NO3/c15-12(14(16)17)8-9-18-13-7-3-5-10-4-1-2-6-11(10)13/h1-2,4,6,12-13H,3,5,7-9,15H2,(H,16,17). The lowest BCUT2D eigenvalue weighted by atomic mass is 9.89. The number of benzene rings is 1. The number of hydrogen-bond acceptors (Lipinski definition) is 3. The van der Waals surface area contributed by atoms with Crippen LogP contribution in [0, 0.1) is 0 Å². The molecule has 0 fully saturated rings. The van der Waals surface area contributed by atoms with Crippen LogP contribution in [0.25, 0.3) is 0 Å². The number of rotatable bonds is 5. The van der Waals surface area contributed by atoms with Crippen molar-refractivity contribution >= 4 is 5.97 Å². The summed E-state index contributed by atoms with van der Waals surface area (Å²) in [5.74, 6) is -0.970. The van der Waals surface area contributed by atoms with Crippen molar-refractivity contribution in [2.45, 2.75) is 37.8 Å². The maximum absolute atomic E-state index is 10.6. The van der Waals surface area contributed by atoms with Gasteiger partial charge in [0.1, 0.15) is 6.04 Å². The number of aliphatic carboxylic acids is 1. The monoisotopic (exact) mass is 249 g/mol. The molecule has 18 heavy (non-hydrogen) atoms. The summed E-state index contributed by atoms with van der Waals surface area (Å²) in [6, 6.07) is 7.46. The van der Waals surface area contributed by atoms with Gasteiger partial charge in [-0.1, -0.05) is 24.3 Å². The highest BCUT2D eigenvalue weighted by atomic mass is 16.5. The van der Waals surface area contributed by atoms with Gasteiger partial charge in [0.15, 0.2) is 0 Å². The van der Waals surface area contributed by atoms with E-state index in [2.05, 4.69) is 12.1 Å². The molecule has 0 radical (unpaired) electrons. The summed E-state index contributed by atoms with van der Waals surface area (Å²) >= 11 is 0. The molecule has 0 heterocycles. The van der Waals surface area contributed by atoms with Crippen molar-refractivity contribution in [2.75, 3.05) is 6.61 Å². The highest BCUT2D eigenvalue weighted by Crippen LogP contribution is 2.32. The molecule has 3 N–H and O–H groups in total. The van der Waals surface area contributed by atoms with Gasteiger partial charge < -0.3 is 15.6 Å². The summed E-state index contributed by atoms with van der Waals surface area (Å²) in [5.41, 5.74) is 8.03. The molecule has 2 unspecified atom stereocenters. The molecule has 0 aromatic heterocycles. The zero-order valence-electron chi connectivity index (χ0n) is 10.3. The zero-order valence-corrected chi connectivity index (χ0v) is 10.3. The fourth-order valence-electron chi connectivity index (χ4n) is 2.34. The maximum atomic E-state index is 10.6. The molecule has 1 aliphatic rings. The van der Waals surface area contributed by atoms with Crippen molar-refractivity contribution in [3.8, 4) is 0 Å². The van der Waals surface area contributed by atoms with Gasteiger partial charge in [-0.25, -0.2) is 0 Å². The number of hydrogen-bond donors (Lipinski definition) is 2. The number of aryl methyl sites for hydroxylation is 1. The lowest BCUT2D eigenvalue weighted by molar-refractivity contribution is -0.139. The van der Waals surface area contributed by atoms with Gasteiger partial charge >= 0.3 is 5.97 Å². The Bertz CT molecular complexity index is 419. The lowest BCUT2D eigenvalue weighted by Crippen LogP contribution is -2.31. The van der Waals surface area contributed by atoms with Crippen LogP contribution in [0.4, 0.5) is 0 Å². The number of carbonyl (C=O) groups is 1. The van der Waals surface area contributed by atoms with E-state index in [9.17, 15) is 4.79 Å². The normalized spacial score (nSPS) is 20.2. The average Bonchev–Trinajstić information content (AvgIpc) is 2.38. The lowest BCUT2D eigenvalue weighted by Gasteiger charge is -2.25. The molecule has 2 atom stereocenters. The molecule has 98 valence electrons. The van der Waals surface area contributed by atoms with Crippen LogP contribution < -0.4 is 5.73 Å². The van der Waals surface area contributed by atoms with Crippen LogP contribution in [-0.4, -0.2) is 23.7 Å². The van der Waals surface area contributed by atoms with Gasteiger partial charge in [-0.15, -0.1) is 0 Å². The number of fused-ring (bicyclic) bond motifs is 1. The first-order valence-electron chi connectivity index (χ1n) is 6.36. The minimum Gasteiger partial charge on any atom is -0.480 e. The second-order valence-corrected chi connectivity index (χ2v) is 4.68. The van der Waals surface area contributed by atoms with Crippen molar-refractivity contribution in [1.82, 2.24) is 0 Å². The SMILES string of the molecule is NC(CCOC1CCCc2ccccc21)C(=O)O. The minimum atomic E-state index is -0.970. The molecule has 4 heteroatoms. The molecular weight excluding hydrogens is 230 g/mol. The molecule has 0 amide bonds. The van der Waals surface area contributed by atoms with Crippen molar-refractivity contribution < 1.29 is 14.6 Å². The zero-order chi connectivity index (χ0) is 13.0. The van der Waals surface area contributed by atoms with Crippen molar-refractivity contribution in [3.63, 3.8) is 0 Å². The molecular formula is C14H19NO3. The van der Waals surface area contributed by atoms with E-state index in [0.29, 0.717) is 13.0 Å². The van der Waals surface area contributed by atoms with Gasteiger partial charge in [0, 0.05) is 6.61 Å². The van der Waals surface area contributed by atoms with E-state index in [1.165, 1.54) is 11.1 Å². The van der Waals surface area contributed by atoms with Crippen molar-refractivity contribution in [3.05, 3.63) is 35.4 Å². The van der Waals surface area contributed by atoms with Gasteiger partial charge in [-0.05, 0) is 36.8 Å². The van der Waals surface area contributed by atoms with E-state index in [1.54, 1.807) is 0 Å². The Labute approximate surface area is 107 Å². The Balaban J connectivity index is 1.90. The maximum Gasteiger partial charge on any atom is 0.320 e. The Hall–Kier alpha value is -1.39. The van der Waals surface area contributed by atoms with E-state index >= 15 is 0 Å². The van der Waals surface area contributed by atoms with Crippen LogP contribution in [-0.2, 0) is 16.0 Å². The second-order valence-electron chi connectivity index (χ2n) is 4.68. The minimum absolute atomic E-state index is 0.0935. The molecule has 0 spiro atoms. The molecule has 2 rings (SSSR count). The van der Waals surface area contributed by atoms with Crippen LogP contribution in [0.2, 0.25) is 0 Å². The summed E-state index contributed by atoms with van der Waals surface area (Å²) in [7, 11) is 0. The van der Waals surface area contributed by atoms with Crippen LogP contribution in [0.5, 0.6) is 0 Å². The summed E-state index contributed by atoms with van der Waals surface area (Å²) in [6.07, 6.45) is 3.67. The van der Waals surface area contributed by atoms with Crippen molar-refractivity contribution in [1.29, 1.82) is 0 Å². The topological polar surface area (TPSA) is 72.5 Å². The van der Waals surface area contributed by atoms with Crippen LogP contribution >= 0.6 is 0 Å². The number of carboxylic acids is 1.